The number of rotatable bonds is 3. The highest BCUT2D eigenvalue weighted by Gasteiger charge is 2.12. The molecule has 1 aromatic heterocycles. The quantitative estimate of drug-likeness (QED) is 0.658. The molecule has 0 fully saturated rings. The second-order valence-corrected chi connectivity index (χ2v) is 3.80. The Labute approximate surface area is 83.3 Å². The number of aryl methyl sites for hydroxylation is 1. The number of ketones is 1. The zero-order valence-corrected chi connectivity index (χ0v) is 9.25. The Hall–Kier alpha value is -0.420. The topological polar surface area (TPSA) is 42.0 Å². The summed E-state index contributed by atoms with van der Waals surface area (Å²) in [5, 5.41) is 4.06. The van der Waals surface area contributed by atoms with E-state index in [1.165, 1.54) is 11.3 Å². The first kappa shape index (κ1) is 9.67. The van der Waals surface area contributed by atoms with Gasteiger partial charge in [-0.05, 0) is 6.92 Å². The van der Waals surface area contributed by atoms with Crippen molar-refractivity contribution in [3.05, 3.63) is 10.6 Å². The van der Waals surface area contributed by atoms with Crippen molar-refractivity contribution >= 4 is 38.2 Å². The lowest BCUT2D eigenvalue weighted by atomic mass is 10.3. The summed E-state index contributed by atoms with van der Waals surface area (Å²) in [7, 11) is 1.79. The fourth-order valence-electron chi connectivity index (χ4n) is 0.823. The molecule has 0 amide bonds. The normalized spacial score (nSPS) is 9.92. The maximum Gasteiger partial charge on any atom is 0.185 e. The van der Waals surface area contributed by atoms with Crippen LogP contribution in [0.25, 0.3) is 0 Å². The number of nitrogens with zero attached hydrogens (tertiary/aromatic N) is 1. The molecule has 0 spiro atoms. The monoisotopic (exact) mass is 248 g/mol. The standard InChI is InChI=1S/C7H9BrN2OS/c1-4-6(5(11)3-8)12-7(9-2)10-4/h3H2,1-2H3,(H,9,10). The maximum absolute atomic E-state index is 11.3. The number of carbonyl (C=O) groups is 1. The second kappa shape index (κ2) is 4.00. The van der Waals surface area contributed by atoms with E-state index in [0.717, 1.165) is 15.7 Å². The summed E-state index contributed by atoms with van der Waals surface area (Å²) in [6, 6.07) is 0. The number of Topliss-reactive ketones (excluding diaryl/α,β-unsaturated/α-hetero) is 1. The van der Waals surface area contributed by atoms with Crippen molar-refractivity contribution in [2.45, 2.75) is 6.92 Å². The van der Waals surface area contributed by atoms with Gasteiger partial charge in [0.15, 0.2) is 10.9 Å². The van der Waals surface area contributed by atoms with E-state index in [0.29, 0.717) is 5.33 Å². The molecule has 0 radical (unpaired) electrons. The van der Waals surface area contributed by atoms with Crippen molar-refractivity contribution in [1.82, 2.24) is 4.98 Å². The zero-order valence-electron chi connectivity index (χ0n) is 6.85. The van der Waals surface area contributed by atoms with Crippen molar-refractivity contribution in [1.29, 1.82) is 0 Å². The fourth-order valence-corrected chi connectivity index (χ4v) is 2.15. The van der Waals surface area contributed by atoms with Gasteiger partial charge in [0.2, 0.25) is 0 Å². The van der Waals surface area contributed by atoms with E-state index in [9.17, 15) is 4.79 Å². The molecular weight excluding hydrogens is 240 g/mol. The Kier molecular flexibility index (Phi) is 3.22. The lowest BCUT2D eigenvalue weighted by Crippen LogP contribution is -1.98. The van der Waals surface area contributed by atoms with Crippen LogP contribution in [0.15, 0.2) is 0 Å². The van der Waals surface area contributed by atoms with Gasteiger partial charge in [-0.2, -0.15) is 0 Å². The van der Waals surface area contributed by atoms with Crippen LogP contribution in [0.3, 0.4) is 0 Å². The molecule has 0 aromatic carbocycles. The Bertz CT molecular complexity index is 298. The van der Waals surface area contributed by atoms with Gasteiger partial charge in [0.05, 0.1) is 15.9 Å². The van der Waals surface area contributed by atoms with Gasteiger partial charge in [-0.15, -0.1) is 0 Å². The molecule has 0 saturated carbocycles. The van der Waals surface area contributed by atoms with Crippen LogP contribution in [0.5, 0.6) is 0 Å². The average molecular weight is 249 g/mol. The van der Waals surface area contributed by atoms with Crippen molar-refractivity contribution in [2.24, 2.45) is 0 Å². The number of nitrogens with one attached hydrogen (secondary N) is 1. The Morgan fingerprint density at radius 2 is 2.42 bits per heavy atom. The summed E-state index contributed by atoms with van der Waals surface area (Å²) in [5.74, 6) is 0.0894. The predicted octanol–water partition coefficient (Wildman–Crippen LogP) is 2.07. The van der Waals surface area contributed by atoms with Gasteiger partial charge in [-0.1, -0.05) is 27.3 Å². The summed E-state index contributed by atoms with van der Waals surface area (Å²) in [5.41, 5.74) is 0.800. The number of anilines is 1. The lowest BCUT2D eigenvalue weighted by Gasteiger charge is -1.89. The number of alkyl halides is 1. The first-order valence-electron chi connectivity index (χ1n) is 3.43. The molecule has 1 N–H and O–H groups in total. The van der Waals surface area contributed by atoms with Gasteiger partial charge in [-0.25, -0.2) is 4.98 Å². The molecule has 0 saturated heterocycles. The van der Waals surface area contributed by atoms with Gasteiger partial charge < -0.3 is 5.32 Å². The summed E-state index contributed by atoms with van der Waals surface area (Å²) < 4.78 is 0. The minimum Gasteiger partial charge on any atom is -0.365 e. The highest BCUT2D eigenvalue weighted by molar-refractivity contribution is 9.09. The number of halogens is 1. The van der Waals surface area contributed by atoms with Crippen LogP contribution in [0, 0.1) is 6.92 Å². The molecule has 3 nitrogen and oxygen atoms in total. The smallest absolute Gasteiger partial charge is 0.185 e. The van der Waals surface area contributed by atoms with Crippen LogP contribution < -0.4 is 5.32 Å². The average Bonchev–Trinajstić information content (AvgIpc) is 2.45. The van der Waals surface area contributed by atoms with Gasteiger partial charge >= 0.3 is 0 Å². The predicted molar refractivity (Wildman–Crippen MR) is 54.5 cm³/mol. The first-order chi connectivity index (χ1) is 5.69. The van der Waals surface area contributed by atoms with Gasteiger partial charge in [0, 0.05) is 7.05 Å². The molecule has 66 valence electrons. The summed E-state index contributed by atoms with van der Waals surface area (Å²) in [6.45, 7) is 1.84. The molecule has 1 aromatic rings. The molecule has 0 unspecified atom stereocenters. The molecular formula is C7H9BrN2OS. The van der Waals surface area contributed by atoms with Crippen LogP contribution in [-0.4, -0.2) is 23.1 Å². The number of carbonyl (C=O) groups excluding carboxylic acids is 1. The van der Waals surface area contributed by atoms with E-state index >= 15 is 0 Å². The van der Waals surface area contributed by atoms with Gasteiger partial charge in [-0.3, -0.25) is 4.79 Å². The molecule has 0 aliphatic heterocycles. The number of hydrogen-bond donors (Lipinski definition) is 1. The number of aromatic nitrogens is 1. The van der Waals surface area contributed by atoms with Crippen molar-refractivity contribution < 1.29 is 4.79 Å². The van der Waals surface area contributed by atoms with E-state index in [2.05, 4.69) is 26.2 Å². The van der Waals surface area contributed by atoms with E-state index in [4.69, 9.17) is 0 Å². The highest BCUT2D eigenvalue weighted by Crippen LogP contribution is 2.22. The minimum atomic E-state index is 0.0894. The summed E-state index contributed by atoms with van der Waals surface area (Å²) >= 11 is 4.52. The molecule has 1 rings (SSSR count). The van der Waals surface area contributed by atoms with Gasteiger partial charge in [0.1, 0.15) is 0 Å². The molecule has 0 aliphatic rings. The van der Waals surface area contributed by atoms with E-state index < -0.39 is 0 Å². The van der Waals surface area contributed by atoms with Crippen LogP contribution in [0.1, 0.15) is 15.4 Å². The largest absolute Gasteiger partial charge is 0.365 e. The molecule has 0 bridgehead atoms. The summed E-state index contributed by atoms with van der Waals surface area (Å²) in [6.07, 6.45) is 0. The molecule has 12 heavy (non-hydrogen) atoms. The van der Waals surface area contributed by atoms with Crippen molar-refractivity contribution in [2.75, 3.05) is 17.7 Å². The highest BCUT2D eigenvalue weighted by atomic mass is 79.9. The third kappa shape index (κ3) is 1.84. The fraction of sp³-hybridized carbons (Fsp3) is 0.429. The third-order valence-electron chi connectivity index (χ3n) is 1.39. The molecule has 0 atom stereocenters. The lowest BCUT2D eigenvalue weighted by molar-refractivity contribution is 0.102. The van der Waals surface area contributed by atoms with Crippen LogP contribution in [-0.2, 0) is 0 Å². The van der Waals surface area contributed by atoms with E-state index in [1.807, 2.05) is 6.92 Å². The number of hydrogen-bond acceptors (Lipinski definition) is 4. The Morgan fingerprint density at radius 1 is 1.75 bits per heavy atom. The minimum absolute atomic E-state index is 0.0894. The Morgan fingerprint density at radius 3 is 2.83 bits per heavy atom. The second-order valence-electron chi connectivity index (χ2n) is 2.24. The number of thiazole rings is 1. The van der Waals surface area contributed by atoms with Crippen LogP contribution >= 0.6 is 27.3 Å². The van der Waals surface area contributed by atoms with Crippen LogP contribution in [0.2, 0.25) is 0 Å². The van der Waals surface area contributed by atoms with E-state index in [1.54, 1.807) is 7.05 Å². The van der Waals surface area contributed by atoms with Crippen molar-refractivity contribution in [3.8, 4) is 0 Å². The van der Waals surface area contributed by atoms with E-state index in [-0.39, 0.29) is 5.78 Å². The van der Waals surface area contributed by atoms with Crippen LogP contribution in [0.4, 0.5) is 5.13 Å². The SMILES string of the molecule is CNc1nc(C)c(C(=O)CBr)s1. The first-order valence-corrected chi connectivity index (χ1v) is 5.37. The Balaban J connectivity index is 2.99. The molecule has 1 heterocycles. The van der Waals surface area contributed by atoms with Gasteiger partial charge in [0.25, 0.3) is 0 Å². The third-order valence-corrected chi connectivity index (χ3v) is 3.11. The van der Waals surface area contributed by atoms with Crippen molar-refractivity contribution in [3.63, 3.8) is 0 Å². The maximum atomic E-state index is 11.3. The summed E-state index contributed by atoms with van der Waals surface area (Å²) in [4.78, 5) is 16.2. The molecule has 0 aliphatic carbocycles. The zero-order chi connectivity index (χ0) is 9.14. The molecule has 5 heteroatoms.